The van der Waals surface area contributed by atoms with Crippen molar-refractivity contribution in [2.75, 3.05) is 17.9 Å². The second-order valence-corrected chi connectivity index (χ2v) is 8.59. The largest absolute Gasteiger partial charge is 0.491 e. The first-order chi connectivity index (χ1) is 14.4. The number of aromatic nitrogens is 2. The van der Waals surface area contributed by atoms with Gasteiger partial charge in [-0.25, -0.2) is 9.97 Å². The molecule has 11 heteroatoms. The van der Waals surface area contributed by atoms with Crippen LogP contribution in [0.3, 0.4) is 0 Å². The van der Waals surface area contributed by atoms with Gasteiger partial charge in [0.05, 0.1) is 23.7 Å². The lowest BCUT2D eigenvalue weighted by Gasteiger charge is -2.36. The number of nitrogens with one attached hydrogen (secondary N) is 1. The molecular weight excluding hydrogens is 408 g/mol. The number of rotatable bonds is 5. The molecule has 2 aliphatic heterocycles. The van der Waals surface area contributed by atoms with E-state index in [2.05, 4.69) is 19.1 Å². The van der Waals surface area contributed by atoms with Gasteiger partial charge in [-0.3, -0.25) is 18.6 Å². The lowest BCUT2D eigenvalue weighted by molar-refractivity contribution is -0.135. The van der Waals surface area contributed by atoms with Crippen molar-refractivity contribution < 1.29 is 18.6 Å². The van der Waals surface area contributed by atoms with Gasteiger partial charge in [-0.2, -0.15) is 0 Å². The Balaban J connectivity index is 1.47. The van der Waals surface area contributed by atoms with E-state index >= 15 is 0 Å². The zero-order valence-electron chi connectivity index (χ0n) is 16.3. The van der Waals surface area contributed by atoms with Gasteiger partial charge in [-0.1, -0.05) is 6.07 Å². The third-order valence-corrected chi connectivity index (χ3v) is 6.01. The zero-order valence-corrected chi connectivity index (χ0v) is 17.1. The van der Waals surface area contributed by atoms with Crippen LogP contribution in [0.5, 0.6) is 5.75 Å². The van der Waals surface area contributed by atoms with E-state index in [-0.39, 0.29) is 24.2 Å². The molecule has 1 amide bonds. The van der Waals surface area contributed by atoms with E-state index in [4.69, 9.17) is 10.5 Å². The molecule has 1 aromatic heterocycles. The molecule has 0 spiro atoms. The van der Waals surface area contributed by atoms with Crippen LogP contribution in [0.25, 0.3) is 0 Å². The smallest absolute Gasteiger partial charge is 0.230 e. The number of nitrogens with zero attached hydrogens (tertiary/aromatic N) is 4. The Morgan fingerprint density at radius 3 is 2.87 bits per heavy atom. The van der Waals surface area contributed by atoms with E-state index < -0.39 is 11.0 Å². The first-order valence-corrected chi connectivity index (χ1v) is 11.2. The van der Waals surface area contributed by atoms with Crippen molar-refractivity contribution >= 4 is 28.4 Å². The normalized spacial score (nSPS) is 21.1. The highest BCUT2D eigenvalue weighted by Crippen LogP contribution is 2.46. The van der Waals surface area contributed by atoms with E-state index in [1.165, 1.54) is 0 Å². The van der Waals surface area contributed by atoms with Gasteiger partial charge < -0.3 is 15.4 Å². The van der Waals surface area contributed by atoms with Crippen LogP contribution in [0.4, 0.5) is 5.69 Å². The molecule has 1 aromatic carbocycles. The first kappa shape index (κ1) is 20.4. The standard InChI is InChI=1S/C19H24N6O4S/c20-19-18-14(23-30(27,28)24-19)6-3-7-15(18)29-12-13-5-1-2-10-25(13)17(26)11-16-21-8-4-9-22-16/h3-4,6-9,13,23,27-28H,1-2,5,10-12H2,(H2,20,24). The molecule has 0 bridgehead atoms. The molecule has 5 N–H and O–H groups in total. The van der Waals surface area contributed by atoms with Crippen molar-refractivity contribution in [1.29, 1.82) is 0 Å². The van der Waals surface area contributed by atoms with E-state index in [1.807, 2.05) is 4.90 Å². The van der Waals surface area contributed by atoms with Crippen molar-refractivity contribution in [1.82, 2.24) is 14.9 Å². The minimum Gasteiger partial charge on any atom is -0.491 e. The maximum absolute atomic E-state index is 12.8. The highest BCUT2D eigenvalue weighted by atomic mass is 32.3. The van der Waals surface area contributed by atoms with Gasteiger partial charge in [0.25, 0.3) is 0 Å². The molecule has 2 aliphatic rings. The average molecular weight is 433 g/mol. The highest BCUT2D eigenvalue weighted by Gasteiger charge is 2.29. The maximum Gasteiger partial charge on any atom is 0.230 e. The number of hydrogen-bond donors (Lipinski definition) is 4. The number of amides is 1. The number of nitrogens with two attached hydrogens (primary N) is 1. The topological polar surface area (TPSA) is 146 Å². The van der Waals surface area contributed by atoms with Crippen LogP contribution in [0, 0.1) is 0 Å². The van der Waals surface area contributed by atoms with Gasteiger partial charge in [-0.15, -0.1) is 4.40 Å². The second-order valence-electron chi connectivity index (χ2n) is 7.17. The van der Waals surface area contributed by atoms with E-state index in [0.29, 0.717) is 36.0 Å². The summed E-state index contributed by atoms with van der Waals surface area (Å²) in [6, 6.07) is 6.78. The van der Waals surface area contributed by atoms with Gasteiger partial charge in [0, 0.05) is 18.9 Å². The van der Waals surface area contributed by atoms with Crippen molar-refractivity contribution in [3.63, 3.8) is 0 Å². The monoisotopic (exact) mass is 432 g/mol. The summed E-state index contributed by atoms with van der Waals surface area (Å²) in [4.78, 5) is 22.9. The number of carbonyl (C=O) groups is 1. The number of anilines is 1. The van der Waals surface area contributed by atoms with Crippen LogP contribution in [0.1, 0.15) is 30.7 Å². The molecule has 0 radical (unpaired) electrons. The number of hydrogen-bond acceptors (Lipinski definition) is 9. The first-order valence-electron chi connectivity index (χ1n) is 9.66. The fourth-order valence-electron chi connectivity index (χ4n) is 3.70. The number of likely N-dealkylation sites (tertiary alicyclic amines) is 1. The molecule has 2 aromatic rings. The maximum atomic E-state index is 12.8. The van der Waals surface area contributed by atoms with Crippen molar-refractivity contribution in [3.05, 3.63) is 48.0 Å². The predicted molar refractivity (Wildman–Crippen MR) is 114 cm³/mol. The van der Waals surface area contributed by atoms with E-state index in [9.17, 15) is 13.9 Å². The minimum absolute atomic E-state index is 0.00264. The lowest BCUT2D eigenvalue weighted by atomic mass is 10.0. The zero-order chi connectivity index (χ0) is 21.1. The van der Waals surface area contributed by atoms with Crippen LogP contribution in [-0.4, -0.2) is 54.9 Å². The van der Waals surface area contributed by atoms with E-state index in [1.54, 1.807) is 36.7 Å². The van der Waals surface area contributed by atoms with Crippen molar-refractivity contribution in [3.8, 4) is 5.75 Å². The lowest BCUT2D eigenvalue weighted by Crippen LogP contribution is -2.47. The number of amidine groups is 1. The fraction of sp³-hybridized carbons (Fsp3) is 0.368. The Bertz CT molecular complexity index is 955. The Hall–Kier alpha value is -2.89. The number of benzene rings is 1. The predicted octanol–water partition coefficient (Wildman–Crippen LogP) is 2.19. The summed E-state index contributed by atoms with van der Waals surface area (Å²) in [5, 5.41) is 0. The number of piperidine rings is 1. The van der Waals surface area contributed by atoms with Crippen LogP contribution in [0.2, 0.25) is 0 Å². The van der Waals surface area contributed by atoms with Crippen LogP contribution < -0.4 is 15.2 Å². The number of ether oxygens (including phenoxy) is 1. The van der Waals surface area contributed by atoms with Crippen LogP contribution in [0.15, 0.2) is 41.1 Å². The van der Waals surface area contributed by atoms with Gasteiger partial charge >= 0.3 is 0 Å². The minimum atomic E-state index is -3.35. The quantitative estimate of drug-likeness (QED) is 0.562. The summed E-state index contributed by atoms with van der Waals surface area (Å²) >= 11 is 0. The molecule has 1 fully saturated rings. The van der Waals surface area contributed by atoms with Gasteiger partial charge in [0.15, 0.2) is 5.84 Å². The average Bonchev–Trinajstić information content (AvgIpc) is 2.72. The molecule has 3 heterocycles. The summed E-state index contributed by atoms with van der Waals surface area (Å²) in [6.07, 6.45) is 6.19. The van der Waals surface area contributed by atoms with Crippen molar-refractivity contribution in [2.45, 2.75) is 31.7 Å². The fourth-order valence-corrected chi connectivity index (χ4v) is 4.58. The molecule has 30 heavy (non-hydrogen) atoms. The molecule has 1 atom stereocenters. The van der Waals surface area contributed by atoms with Crippen molar-refractivity contribution in [2.24, 2.45) is 10.1 Å². The number of fused-ring (bicyclic) bond motifs is 1. The SMILES string of the molecule is NC1=NS(O)(O)Nc2cccc(OCC3CCCCN3C(=O)Cc3ncccn3)c21. The third-order valence-electron chi connectivity index (χ3n) is 5.06. The van der Waals surface area contributed by atoms with E-state index in [0.717, 1.165) is 19.3 Å². The molecular formula is C19H24N6O4S. The number of carbonyl (C=O) groups excluding carboxylic acids is 1. The van der Waals surface area contributed by atoms with Crippen LogP contribution >= 0.6 is 11.0 Å². The van der Waals surface area contributed by atoms with Crippen LogP contribution in [-0.2, 0) is 11.2 Å². The molecule has 0 aliphatic carbocycles. The molecule has 160 valence electrons. The Labute approximate surface area is 175 Å². The summed E-state index contributed by atoms with van der Waals surface area (Å²) in [5.74, 6) is 0.942. The van der Waals surface area contributed by atoms with Gasteiger partial charge in [0.1, 0.15) is 18.2 Å². The molecule has 4 rings (SSSR count). The highest BCUT2D eigenvalue weighted by molar-refractivity contribution is 8.24. The molecule has 10 nitrogen and oxygen atoms in total. The summed E-state index contributed by atoms with van der Waals surface area (Å²) in [6.45, 7) is 0.958. The summed E-state index contributed by atoms with van der Waals surface area (Å²) in [7, 11) is -3.35. The Morgan fingerprint density at radius 2 is 2.07 bits per heavy atom. The Kier molecular flexibility index (Phi) is 5.75. The molecule has 1 unspecified atom stereocenters. The summed E-state index contributed by atoms with van der Waals surface area (Å²) in [5.41, 5.74) is 6.87. The summed E-state index contributed by atoms with van der Waals surface area (Å²) < 4.78 is 31.9. The molecule has 1 saturated heterocycles. The second kappa shape index (κ2) is 8.46. The molecule has 0 saturated carbocycles. The third kappa shape index (κ3) is 4.48. The van der Waals surface area contributed by atoms with Gasteiger partial charge in [-0.05, 0) is 48.4 Å². The Morgan fingerprint density at radius 1 is 1.27 bits per heavy atom. The van der Waals surface area contributed by atoms with Gasteiger partial charge in [0.2, 0.25) is 5.91 Å².